The topological polar surface area (TPSA) is 0 Å². The van der Waals surface area contributed by atoms with E-state index in [1.165, 1.54) is 0 Å². The lowest BCUT2D eigenvalue weighted by atomic mass is 10.2. The Kier molecular flexibility index (Phi) is 2.49. The Morgan fingerprint density at radius 2 is 0.923 bits per heavy atom. The SMILES string of the molecule is FCc1c(F)c(F)c(F)c(F)c1F. The van der Waals surface area contributed by atoms with E-state index in [4.69, 9.17) is 0 Å². The normalized spacial score (nSPS) is 10.6. The number of hydrogen-bond donors (Lipinski definition) is 0. The maximum atomic E-state index is 12.4. The van der Waals surface area contributed by atoms with Crippen LogP contribution >= 0.6 is 0 Å². The highest BCUT2D eigenvalue weighted by atomic mass is 19.2. The summed E-state index contributed by atoms with van der Waals surface area (Å²) in [6.45, 7) is -1.74. The third-order valence-electron chi connectivity index (χ3n) is 1.43. The smallest absolute Gasteiger partial charge is 0.200 e. The van der Waals surface area contributed by atoms with E-state index in [9.17, 15) is 26.3 Å². The molecule has 0 spiro atoms. The van der Waals surface area contributed by atoms with Gasteiger partial charge in [0.2, 0.25) is 5.82 Å². The molecule has 1 aromatic rings. The first-order chi connectivity index (χ1) is 6.00. The van der Waals surface area contributed by atoms with Gasteiger partial charge < -0.3 is 0 Å². The molecule has 0 fully saturated rings. The predicted molar refractivity (Wildman–Crippen MR) is 31.0 cm³/mol. The molecule has 0 heterocycles. The Morgan fingerprint density at radius 3 is 1.23 bits per heavy atom. The van der Waals surface area contributed by atoms with E-state index >= 15 is 0 Å². The number of hydrogen-bond acceptors (Lipinski definition) is 0. The zero-order valence-electron chi connectivity index (χ0n) is 5.97. The number of rotatable bonds is 1. The standard InChI is InChI=1S/C7H2F6/c8-1-2-3(9)5(11)7(13)6(12)4(2)10/h1H2. The first-order valence-corrected chi connectivity index (χ1v) is 3.07. The van der Waals surface area contributed by atoms with Gasteiger partial charge in [-0.25, -0.2) is 26.3 Å². The van der Waals surface area contributed by atoms with Gasteiger partial charge in [0.15, 0.2) is 23.3 Å². The first-order valence-electron chi connectivity index (χ1n) is 3.07. The highest BCUT2D eigenvalue weighted by Crippen LogP contribution is 2.23. The van der Waals surface area contributed by atoms with Crippen LogP contribution in [-0.2, 0) is 6.67 Å². The third-order valence-corrected chi connectivity index (χ3v) is 1.43. The Balaban J connectivity index is 3.56. The first kappa shape index (κ1) is 9.88. The highest BCUT2D eigenvalue weighted by molar-refractivity contribution is 5.23. The van der Waals surface area contributed by atoms with Gasteiger partial charge in [-0.2, -0.15) is 0 Å². The Labute approximate surface area is 68.8 Å². The monoisotopic (exact) mass is 200 g/mol. The van der Waals surface area contributed by atoms with Crippen molar-refractivity contribution in [3.63, 3.8) is 0 Å². The molecule has 0 aliphatic rings. The van der Waals surface area contributed by atoms with Crippen LogP contribution in [0.25, 0.3) is 0 Å². The zero-order valence-corrected chi connectivity index (χ0v) is 5.97. The molecular weight excluding hydrogens is 198 g/mol. The van der Waals surface area contributed by atoms with Crippen molar-refractivity contribution in [2.24, 2.45) is 0 Å². The molecule has 0 unspecified atom stereocenters. The van der Waals surface area contributed by atoms with Crippen LogP contribution < -0.4 is 0 Å². The second kappa shape index (κ2) is 3.27. The van der Waals surface area contributed by atoms with Crippen LogP contribution in [0.4, 0.5) is 26.3 Å². The van der Waals surface area contributed by atoms with Gasteiger partial charge in [-0.15, -0.1) is 0 Å². The van der Waals surface area contributed by atoms with Crippen LogP contribution in [0, 0.1) is 29.1 Å². The summed E-state index contributed by atoms with van der Waals surface area (Å²) in [6.07, 6.45) is 0. The van der Waals surface area contributed by atoms with Crippen LogP contribution in [0.5, 0.6) is 0 Å². The van der Waals surface area contributed by atoms with Gasteiger partial charge in [-0.05, 0) is 0 Å². The summed E-state index contributed by atoms with van der Waals surface area (Å²) in [5.74, 6) is -10.8. The van der Waals surface area contributed by atoms with Gasteiger partial charge in [0, 0.05) is 0 Å². The molecule has 0 amide bonds. The third kappa shape index (κ3) is 1.36. The second-order valence-electron chi connectivity index (χ2n) is 2.18. The van der Waals surface area contributed by atoms with Crippen molar-refractivity contribution in [2.75, 3.05) is 0 Å². The van der Waals surface area contributed by atoms with Crippen molar-refractivity contribution in [3.8, 4) is 0 Å². The van der Waals surface area contributed by atoms with E-state index in [0.29, 0.717) is 0 Å². The minimum atomic E-state index is -2.28. The van der Waals surface area contributed by atoms with Gasteiger partial charge in [-0.3, -0.25) is 0 Å². The number of benzene rings is 1. The fraction of sp³-hybridized carbons (Fsp3) is 0.143. The average molecular weight is 200 g/mol. The van der Waals surface area contributed by atoms with E-state index in [1.807, 2.05) is 0 Å². The fourth-order valence-electron chi connectivity index (χ4n) is 0.768. The minimum absolute atomic E-state index is 1.45. The van der Waals surface area contributed by atoms with Crippen LogP contribution in [0.15, 0.2) is 0 Å². The predicted octanol–water partition coefficient (Wildman–Crippen LogP) is 2.85. The van der Waals surface area contributed by atoms with Crippen molar-refractivity contribution in [2.45, 2.75) is 6.67 Å². The molecule has 13 heavy (non-hydrogen) atoms. The van der Waals surface area contributed by atoms with Gasteiger partial charge >= 0.3 is 0 Å². The van der Waals surface area contributed by atoms with E-state index in [1.54, 1.807) is 0 Å². The number of halogens is 6. The lowest BCUT2D eigenvalue weighted by Crippen LogP contribution is -2.05. The minimum Gasteiger partial charge on any atom is -0.246 e. The Hall–Kier alpha value is -1.20. The summed E-state index contributed by atoms with van der Waals surface area (Å²) in [5, 5.41) is 0. The van der Waals surface area contributed by atoms with Crippen molar-refractivity contribution in [1.82, 2.24) is 0 Å². The van der Waals surface area contributed by atoms with Gasteiger partial charge in [0.25, 0.3) is 0 Å². The van der Waals surface area contributed by atoms with Crippen LogP contribution in [-0.4, -0.2) is 0 Å². The summed E-state index contributed by atoms with van der Waals surface area (Å²) >= 11 is 0. The van der Waals surface area contributed by atoms with Gasteiger partial charge in [0.1, 0.15) is 6.67 Å². The largest absolute Gasteiger partial charge is 0.246 e. The van der Waals surface area contributed by atoms with Gasteiger partial charge in [-0.1, -0.05) is 0 Å². The second-order valence-corrected chi connectivity index (χ2v) is 2.18. The maximum Gasteiger partial charge on any atom is 0.200 e. The molecule has 0 nitrogen and oxygen atoms in total. The molecule has 0 N–H and O–H groups in total. The lowest BCUT2D eigenvalue weighted by Gasteiger charge is -2.03. The van der Waals surface area contributed by atoms with Gasteiger partial charge in [0.05, 0.1) is 5.56 Å². The quantitative estimate of drug-likeness (QED) is 0.371. The average Bonchev–Trinajstić information content (AvgIpc) is 2.13. The molecule has 0 saturated carbocycles. The van der Waals surface area contributed by atoms with Crippen molar-refractivity contribution in [1.29, 1.82) is 0 Å². The van der Waals surface area contributed by atoms with E-state index in [-0.39, 0.29) is 0 Å². The lowest BCUT2D eigenvalue weighted by molar-refractivity contribution is 0.352. The van der Waals surface area contributed by atoms with Crippen LogP contribution in [0.2, 0.25) is 0 Å². The zero-order chi connectivity index (χ0) is 10.2. The summed E-state index contributed by atoms with van der Waals surface area (Å²) < 4.78 is 73.5. The molecule has 72 valence electrons. The Bertz CT molecular complexity index is 316. The molecule has 0 aromatic heterocycles. The highest BCUT2D eigenvalue weighted by Gasteiger charge is 2.25. The molecule has 1 rings (SSSR count). The fourth-order valence-corrected chi connectivity index (χ4v) is 0.768. The number of alkyl halides is 1. The molecule has 0 aliphatic heterocycles. The molecule has 6 heteroatoms. The van der Waals surface area contributed by atoms with Crippen LogP contribution in [0.1, 0.15) is 5.56 Å². The molecule has 0 atom stereocenters. The molecule has 0 bridgehead atoms. The van der Waals surface area contributed by atoms with E-state index < -0.39 is 41.3 Å². The summed E-state index contributed by atoms with van der Waals surface area (Å²) in [7, 11) is 0. The van der Waals surface area contributed by atoms with Crippen molar-refractivity contribution >= 4 is 0 Å². The van der Waals surface area contributed by atoms with E-state index in [2.05, 4.69) is 0 Å². The maximum absolute atomic E-state index is 12.4. The Morgan fingerprint density at radius 1 is 0.615 bits per heavy atom. The molecular formula is C7H2F6. The summed E-state index contributed by atoms with van der Waals surface area (Å²) in [5.41, 5.74) is -1.45. The molecule has 0 aliphatic carbocycles. The molecule has 0 radical (unpaired) electrons. The molecule has 0 saturated heterocycles. The molecule has 1 aromatic carbocycles. The van der Waals surface area contributed by atoms with Crippen LogP contribution in [0.3, 0.4) is 0 Å². The van der Waals surface area contributed by atoms with Crippen molar-refractivity contribution in [3.05, 3.63) is 34.6 Å². The summed E-state index contributed by atoms with van der Waals surface area (Å²) in [4.78, 5) is 0. The summed E-state index contributed by atoms with van der Waals surface area (Å²) in [6, 6.07) is 0. The van der Waals surface area contributed by atoms with Crippen molar-refractivity contribution < 1.29 is 26.3 Å². The van der Waals surface area contributed by atoms with E-state index in [0.717, 1.165) is 0 Å².